The van der Waals surface area contributed by atoms with Gasteiger partial charge < -0.3 is 9.30 Å². The number of rotatable bonds is 4. The Morgan fingerprint density at radius 3 is 2.78 bits per heavy atom. The van der Waals surface area contributed by atoms with Gasteiger partial charge in [0.2, 0.25) is 0 Å². The molecule has 1 atom stereocenters. The third-order valence-corrected chi connectivity index (χ3v) is 6.13. The Labute approximate surface area is 170 Å². The topological polar surface area (TPSA) is 31.2 Å². The Balaban J connectivity index is 1.88. The quantitative estimate of drug-likeness (QED) is 0.468. The van der Waals surface area contributed by atoms with Gasteiger partial charge in [-0.15, -0.1) is 0 Å². The van der Waals surface area contributed by atoms with E-state index in [0.29, 0.717) is 17.9 Å². The van der Waals surface area contributed by atoms with E-state index in [4.69, 9.17) is 16.3 Å². The van der Waals surface area contributed by atoms with Crippen LogP contribution in [0.3, 0.4) is 0 Å². The van der Waals surface area contributed by atoms with E-state index in [0.717, 1.165) is 45.2 Å². The molecule has 2 aromatic carbocycles. The maximum Gasteiger partial charge on any atom is 0.306 e. The molecule has 6 heteroatoms. The van der Waals surface area contributed by atoms with Crippen molar-refractivity contribution in [2.24, 2.45) is 0 Å². The second-order valence-corrected chi connectivity index (χ2v) is 8.16. The van der Waals surface area contributed by atoms with Gasteiger partial charge in [0.1, 0.15) is 5.82 Å². The molecule has 27 heavy (non-hydrogen) atoms. The summed E-state index contributed by atoms with van der Waals surface area (Å²) < 4.78 is 21.9. The summed E-state index contributed by atoms with van der Waals surface area (Å²) >= 11 is 9.56. The fraction of sp³-hybridized carbons (Fsp3) is 0.286. The Kier molecular flexibility index (Phi) is 4.99. The van der Waals surface area contributed by atoms with Crippen molar-refractivity contribution < 1.29 is 13.9 Å². The minimum absolute atomic E-state index is 0.0714. The monoisotopic (exact) mass is 449 g/mol. The van der Waals surface area contributed by atoms with Crippen LogP contribution >= 0.6 is 27.5 Å². The fourth-order valence-electron chi connectivity index (χ4n) is 4.09. The van der Waals surface area contributed by atoms with E-state index < -0.39 is 0 Å². The number of benzene rings is 2. The first kappa shape index (κ1) is 18.5. The highest BCUT2D eigenvalue weighted by atomic mass is 79.9. The van der Waals surface area contributed by atoms with Crippen molar-refractivity contribution in [2.45, 2.75) is 31.7 Å². The number of hydrogen-bond acceptors (Lipinski definition) is 2. The van der Waals surface area contributed by atoms with E-state index in [1.165, 1.54) is 13.2 Å². The van der Waals surface area contributed by atoms with Gasteiger partial charge in [0.25, 0.3) is 0 Å². The number of carbonyl (C=O) groups excluding carboxylic acids is 1. The summed E-state index contributed by atoms with van der Waals surface area (Å²) in [4.78, 5) is 11.9. The van der Waals surface area contributed by atoms with Gasteiger partial charge in [0, 0.05) is 33.0 Å². The second-order valence-electron chi connectivity index (χ2n) is 6.87. The zero-order chi connectivity index (χ0) is 19.1. The molecule has 3 aromatic rings. The van der Waals surface area contributed by atoms with Crippen molar-refractivity contribution in [1.29, 1.82) is 0 Å². The highest BCUT2D eigenvalue weighted by molar-refractivity contribution is 9.10. The molecule has 2 heterocycles. The molecule has 0 amide bonds. The standard InChI is InChI=1S/C21H18BrClFNO2/c1-27-19(26)9-13-6-7-25-18-11-15(24)10-17(22)20(18)16(21(13)25)8-12-2-4-14(23)5-3-12/h2-5,10-11,13H,6-9H2,1H3. The van der Waals surface area contributed by atoms with Gasteiger partial charge in [-0.1, -0.05) is 23.7 Å². The zero-order valence-corrected chi connectivity index (χ0v) is 17.1. The lowest BCUT2D eigenvalue weighted by atomic mass is 9.93. The Bertz CT molecular complexity index is 1030. The Morgan fingerprint density at radius 1 is 1.33 bits per heavy atom. The third-order valence-electron chi connectivity index (χ3n) is 5.25. The van der Waals surface area contributed by atoms with Gasteiger partial charge in [-0.05, 0) is 64.2 Å². The first-order valence-electron chi connectivity index (χ1n) is 8.79. The molecule has 0 aliphatic carbocycles. The predicted octanol–water partition coefficient (Wildman–Crippen LogP) is 5.84. The maximum absolute atomic E-state index is 14.1. The summed E-state index contributed by atoms with van der Waals surface area (Å²) in [6.45, 7) is 0.768. The molecular weight excluding hydrogens is 433 g/mol. The third kappa shape index (κ3) is 3.39. The van der Waals surface area contributed by atoms with Crippen molar-refractivity contribution in [3.05, 3.63) is 68.5 Å². The van der Waals surface area contributed by atoms with E-state index in [2.05, 4.69) is 20.5 Å². The zero-order valence-electron chi connectivity index (χ0n) is 14.8. The Morgan fingerprint density at radius 2 is 2.07 bits per heavy atom. The van der Waals surface area contributed by atoms with Crippen LogP contribution in [0, 0.1) is 5.82 Å². The number of nitrogens with zero attached hydrogens (tertiary/aromatic N) is 1. The van der Waals surface area contributed by atoms with E-state index in [9.17, 15) is 9.18 Å². The van der Waals surface area contributed by atoms with Crippen LogP contribution in [0.15, 0.2) is 40.9 Å². The number of esters is 1. The smallest absolute Gasteiger partial charge is 0.306 e. The van der Waals surface area contributed by atoms with Crippen LogP contribution in [-0.4, -0.2) is 17.6 Å². The van der Waals surface area contributed by atoms with Crippen molar-refractivity contribution in [2.75, 3.05) is 7.11 Å². The molecule has 0 spiro atoms. The van der Waals surface area contributed by atoms with Gasteiger partial charge in [-0.2, -0.15) is 0 Å². The minimum atomic E-state index is -0.274. The van der Waals surface area contributed by atoms with Crippen LogP contribution in [0.25, 0.3) is 10.9 Å². The van der Waals surface area contributed by atoms with Crippen molar-refractivity contribution in [1.82, 2.24) is 4.57 Å². The van der Waals surface area contributed by atoms with Crippen molar-refractivity contribution in [3.8, 4) is 0 Å². The van der Waals surface area contributed by atoms with Gasteiger partial charge in [-0.25, -0.2) is 4.39 Å². The fourth-order valence-corrected chi connectivity index (χ4v) is 4.88. The number of ether oxygens (including phenoxy) is 1. The van der Waals surface area contributed by atoms with Gasteiger partial charge in [0.05, 0.1) is 19.0 Å². The number of hydrogen-bond donors (Lipinski definition) is 0. The van der Waals surface area contributed by atoms with Crippen LogP contribution in [0.5, 0.6) is 0 Å². The summed E-state index contributed by atoms with van der Waals surface area (Å²) in [5.41, 5.74) is 4.23. The summed E-state index contributed by atoms with van der Waals surface area (Å²) in [5.74, 6) is -0.423. The molecule has 0 fully saturated rings. The Hall–Kier alpha value is -1.85. The normalized spacial score (nSPS) is 15.9. The molecule has 3 nitrogen and oxygen atoms in total. The summed E-state index contributed by atoms with van der Waals surface area (Å²) in [6, 6.07) is 10.8. The van der Waals surface area contributed by atoms with Gasteiger partial charge in [0.15, 0.2) is 0 Å². The molecule has 0 saturated carbocycles. The molecule has 0 N–H and O–H groups in total. The highest BCUT2D eigenvalue weighted by Crippen LogP contribution is 2.43. The average molecular weight is 451 g/mol. The molecule has 1 aliphatic rings. The van der Waals surface area contributed by atoms with Crippen molar-refractivity contribution >= 4 is 44.4 Å². The number of methoxy groups -OCH3 is 1. The second kappa shape index (κ2) is 7.28. The predicted molar refractivity (Wildman–Crippen MR) is 108 cm³/mol. The summed E-state index contributed by atoms with van der Waals surface area (Å²) in [6.07, 6.45) is 1.88. The van der Waals surface area contributed by atoms with E-state index >= 15 is 0 Å². The number of halogens is 3. The molecule has 1 unspecified atom stereocenters. The van der Waals surface area contributed by atoms with Gasteiger partial charge >= 0.3 is 5.97 Å². The van der Waals surface area contributed by atoms with E-state index in [-0.39, 0.29) is 17.7 Å². The molecule has 0 radical (unpaired) electrons. The van der Waals surface area contributed by atoms with Crippen molar-refractivity contribution in [3.63, 3.8) is 0 Å². The molecule has 4 rings (SSSR count). The van der Waals surface area contributed by atoms with Crippen LogP contribution in [-0.2, 0) is 22.5 Å². The first-order valence-corrected chi connectivity index (χ1v) is 9.96. The van der Waals surface area contributed by atoms with Crippen LogP contribution in [0.1, 0.15) is 35.6 Å². The molecule has 1 aromatic heterocycles. The lowest BCUT2D eigenvalue weighted by Crippen LogP contribution is -2.08. The first-order chi connectivity index (χ1) is 13.0. The summed E-state index contributed by atoms with van der Waals surface area (Å²) in [5, 5.41) is 1.70. The molecule has 0 saturated heterocycles. The largest absolute Gasteiger partial charge is 0.469 e. The summed E-state index contributed by atoms with van der Waals surface area (Å²) in [7, 11) is 1.41. The van der Waals surface area contributed by atoms with Crippen LogP contribution < -0.4 is 0 Å². The molecular formula is C21H18BrClFNO2. The maximum atomic E-state index is 14.1. The van der Waals surface area contributed by atoms with Crippen LogP contribution in [0.4, 0.5) is 4.39 Å². The molecule has 0 bridgehead atoms. The molecule has 140 valence electrons. The highest BCUT2D eigenvalue weighted by Gasteiger charge is 2.32. The average Bonchev–Trinajstić information content (AvgIpc) is 3.17. The lowest BCUT2D eigenvalue weighted by Gasteiger charge is -2.12. The van der Waals surface area contributed by atoms with E-state index in [1.807, 2.05) is 24.3 Å². The van der Waals surface area contributed by atoms with E-state index in [1.54, 1.807) is 6.07 Å². The number of aryl methyl sites for hydroxylation is 1. The SMILES string of the molecule is COC(=O)CC1CCn2c1c(Cc1ccc(Cl)cc1)c1c(Br)cc(F)cc12. The number of carbonyl (C=O) groups is 1. The van der Waals surface area contributed by atoms with Crippen LogP contribution in [0.2, 0.25) is 5.02 Å². The lowest BCUT2D eigenvalue weighted by molar-refractivity contribution is -0.141. The number of fused-ring (bicyclic) bond motifs is 3. The molecule has 1 aliphatic heterocycles. The van der Waals surface area contributed by atoms with Gasteiger partial charge in [-0.3, -0.25) is 4.79 Å². The number of aromatic nitrogens is 1. The minimum Gasteiger partial charge on any atom is -0.469 e.